The standard InChI is InChI=1S/C19H17NO2/c1-2-3-10-15-17-13-8-4-5-9-14(13)19(21)22-18(17)16-11-6-7-12-20(15)16/h4-9,11-12H,2-3,10H2,1H3. The van der Waals surface area contributed by atoms with Crippen LogP contribution in [-0.2, 0) is 6.42 Å². The summed E-state index contributed by atoms with van der Waals surface area (Å²) in [5.74, 6) is 0. The quantitative estimate of drug-likeness (QED) is 0.555. The molecule has 3 nitrogen and oxygen atoms in total. The Morgan fingerprint density at radius 1 is 1.05 bits per heavy atom. The van der Waals surface area contributed by atoms with E-state index in [2.05, 4.69) is 17.5 Å². The van der Waals surface area contributed by atoms with Gasteiger partial charge in [-0.2, -0.15) is 0 Å². The fourth-order valence-electron chi connectivity index (χ4n) is 3.24. The van der Waals surface area contributed by atoms with Crippen molar-refractivity contribution in [3.8, 4) is 0 Å². The van der Waals surface area contributed by atoms with Crippen molar-refractivity contribution in [2.75, 3.05) is 0 Å². The van der Waals surface area contributed by atoms with Crippen LogP contribution in [0.3, 0.4) is 0 Å². The van der Waals surface area contributed by atoms with E-state index in [9.17, 15) is 4.79 Å². The first-order valence-electron chi connectivity index (χ1n) is 7.74. The lowest BCUT2D eigenvalue weighted by Crippen LogP contribution is -1.99. The van der Waals surface area contributed by atoms with Crippen molar-refractivity contribution in [1.82, 2.24) is 4.40 Å². The van der Waals surface area contributed by atoms with Gasteiger partial charge >= 0.3 is 5.63 Å². The molecule has 0 atom stereocenters. The summed E-state index contributed by atoms with van der Waals surface area (Å²) in [6.45, 7) is 2.19. The number of hydrogen-bond acceptors (Lipinski definition) is 2. The number of hydrogen-bond donors (Lipinski definition) is 0. The van der Waals surface area contributed by atoms with Gasteiger partial charge in [0.2, 0.25) is 0 Å². The van der Waals surface area contributed by atoms with Gasteiger partial charge in [-0.3, -0.25) is 0 Å². The smallest absolute Gasteiger partial charge is 0.344 e. The Labute approximate surface area is 127 Å². The van der Waals surface area contributed by atoms with E-state index in [0.29, 0.717) is 11.0 Å². The molecule has 0 aliphatic rings. The molecule has 1 aromatic carbocycles. The summed E-state index contributed by atoms with van der Waals surface area (Å²) < 4.78 is 7.83. The van der Waals surface area contributed by atoms with Crippen molar-refractivity contribution in [3.05, 3.63) is 64.8 Å². The highest BCUT2D eigenvalue weighted by molar-refractivity contribution is 6.11. The third kappa shape index (κ3) is 1.78. The van der Waals surface area contributed by atoms with Crippen LogP contribution in [0.4, 0.5) is 0 Å². The van der Waals surface area contributed by atoms with Crippen LogP contribution in [0.2, 0.25) is 0 Å². The van der Waals surface area contributed by atoms with E-state index in [1.54, 1.807) is 0 Å². The fourth-order valence-corrected chi connectivity index (χ4v) is 3.24. The van der Waals surface area contributed by atoms with E-state index >= 15 is 0 Å². The highest BCUT2D eigenvalue weighted by Crippen LogP contribution is 2.32. The second-order valence-corrected chi connectivity index (χ2v) is 5.65. The number of benzene rings is 1. The van der Waals surface area contributed by atoms with Gasteiger partial charge in [-0.25, -0.2) is 4.79 Å². The highest BCUT2D eigenvalue weighted by atomic mass is 16.4. The van der Waals surface area contributed by atoms with Crippen molar-refractivity contribution >= 4 is 27.3 Å². The van der Waals surface area contributed by atoms with Gasteiger partial charge in [0.15, 0.2) is 5.58 Å². The van der Waals surface area contributed by atoms with Crippen molar-refractivity contribution in [2.24, 2.45) is 0 Å². The Balaban J connectivity index is 2.25. The lowest BCUT2D eigenvalue weighted by Gasteiger charge is -2.03. The van der Waals surface area contributed by atoms with Crippen LogP contribution in [-0.4, -0.2) is 4.40 Å². The number of pyridine rings is 1. The van der Waals surface area contributed by atoms with Crippen LogP contribution in [0, 0.1) is 0 Å². The summed E-state index contributed by atoms with van der Waals surface area (Å²) in [7, 11) is 0. The molecule has 0 saturated heterocycles. The van der Waals surface area contributed by atoms with Crippen LogP contribution < -0.4 is 5.63 Å². The Bertz CT molecular complexity index is 1040. The summed E-state index contributed by atoms with van der Waals surface area (Å²) >= 11 is 0. The molecule has 0 radical (unpaired) electrons. The molecule has 0 unspecified atom stereocenters. The third-order valence-electron chi connectivity index (χ3n) is 4.28. The molecule has 0 spiro atoms. The summed E-state index contributed by atoms with van der Waals surface area (Å²) in [5, 5.41) is 2.72. The molecular weight excluding hydrogens is 274 g/mol. The number of rotatable bonds is 3. The van der Waals surface area contributed by atoms with Crippen molar-refractivity contribution in [2.45, 2.75) is 26.2 Å². The topological polar surface area (TPSA) is 34.6 Å². The molecule has 3 aromatic heterocycles. The van der Waals surface area contributed by atoms with Crippen LogP contribution in [0.1, 0.15) is 25.5 Å². The maximum atomic E-state index is 12.3. The number of unbranched alkanes of at least 4 members (excludes halogenated alkanes) is 1. The van der Waals surface area contributed by atoms with E-state index in [1.165, 1.54) is 5.69 Å². The summed E-state index contributed by atoms with van der Waals surface area (Å²) in [4.78, 5) is 12.3. The van der Waals surface area contributed by atoms with Gasteiger partial charge < -0.3 is 8.82 Å². The molecule has 3 heteroatoms. The minimum absolute atomic E-state index is 0.263. The largest absolute Gasteiger partial charge is 0.420 e. The summed E-state index contributed by atoms with van der Waals surface area (Å²) in [6, 6.07) is 13.7. The Hall–Kier alpha value is -2.55. The first-order valence-corrected chi connectivity index (χ1v) is 7.74. The van der Waals surface area contributed by atoms with E-state index in [4.69, 9.17) is 4.42 Å². The molecule has 0 aliphatic carbocycles. The van der Waals surface area contributed by atoms with E-state index in [1.807, 2.05) is 42.5 Å². The maximum absolute atomic E-state index is 12.3. The Morgan fingerprint density at radius 3 is 2.64 bits per heavy atom. The van der Waals surface area contributed by atoms with Crippen molar-refractivity contribution in [1.29, 1.82) is 0 Å². The first kappa shape index (κ1) is 13.1. The fraction of sp³-hybridized carbons (Fsp3) is 0.211. The molecule has 22 heavy (non-hydrogen) atoms. The lowest BCUT2D eigenvalue weighted by atomic mass is 10.1. The van der Waals surface area contributed by atoms with Crippen LogP contribution in [0.25, 0.3) is 27.3 Å². The Kier molecular flexibility index (Phi) is 3.00. The van der Waals surface area contributed by atoms with Crippen molar-refractivity contribution < 1.29 is 4.42 Å². The highest BCUT2D eigenvalue weighted by Gasteiger charge is 2.17. The van der Waals surface area contributed by atoms with Gasteiger partial charge in [-0.05, 0) is 31.0 Å². The zero-order chi connectivity index (χ0) is 15.1. The normalized spacial score (nSPS) is 11.7. The molecule has 0 saturated carbocycles. The van der Waals surface area contributed by atoms with Gasteiger partial charge in [0, 0.05) is 22.7 Å². The third-order valence-corrected chi connectivity index (χ3v) is 4.28. The molecule has 4 aromatic rings. The number of fused-ring (bicyclic) bond motifs is 5. The molecule has 3 heterocycles. The van der Waals surface area contributed by atoms with Gasteiger partial charge in [0.1, 0.15) is 0 Å². The summed E-state index contributed by atoms with van der Waals surface area (Å²) in [5.41, 5.74) is 2.63. The molecule has 110 valence electrons. The molecule has 4 rings (SSSR count). The van der Waals surface area contributed by atoms with Gasteiger partial charge in [-0.15, -0.1) is 0 Å². The van der Waals surface area contributed by atoms with Gasteiger partial charge in [0.05, 0.1) is 10.9 Å². The molecule has 0 fully saturated rings. The monoisotopic (exact) mass is 291 g/mol. The molecule has 0 bridgehead atoms. The van der Waals surface area contributed by atoms with Crippen molar-refractivity contribution in [3.63, 3.8) is 0 Å². The zero-order valence-electron chi connectivity index (χ0n) is 12.5. The number of aryl methyl sites for hydroxylation is 1. The molecule has 0 amide bonds. The minimum Gasteiger partial charge on any atom is -0.420 e. The second-order valence-electron chi connectivity index (χ2n) is 5.65. The van der Waals surface area contributed by atoms with E-state index in [0.717, 1.165) is 35.6 Å². The van der Waals surface area contributed by atoms with Crippen LogP contribution >= 0.6 is 0 Å². The first-order chi connectivity index (χ1) is 10.8. The van der Waals surface area contributed by atoms with Gasteiger partial charge in [0.25, 0.3) is 0 Å². The average Bonchev–Trinajstić information content (AvgIpc) is 2.87. The van der Waals surface area contributed by atoms with Crippen LogP contribution in [0.5, 0.6) is 0 Å². The Morgan fingerprint density at radius 2 is 1.82 bits per heavy atom. The van der Waals surface area contributed by atoms with E-state index < -0.39 is 0 Å². The minimum atomic E-state index is -0.263. The molecular formula is C19H17NO2. The predicted octanol–water partition coefficient (Wildman–Crippen LogP) is 4.54. The second kappa shape index (κ2) is 5.02. The average molecular weight is 291 g/mol. The SMILES string of the molecule is CCCCc1c2c3ccccc3c(=O)oc2c2ccccn12. The number of nitrogens with zero attached hydrogens (tertiary/aromatic N) is 1. The van der Waals surface area contributed by atoms with E-state index in [-0.39, 0.29) is 5.63 Å². The number of aromatic nitrogens is 1. The predicted molar refractivity (Wildman–Crippen MR) is 89.6 cm³/mol. The molecule has 0 aliphatic heterocycles. The zero-order valence-corrected chi connectivity index (χ0v) is 12.5. The summed E-state index contributed by atoms with van der Waals surface area (Å²) in [6.07, 6.45) is 5.28. The maximum Gasteiger partial charge on any atom is 0.344 e. The molecule has 0 N–H and O–H groups in total. The van der Waals surface area contributed by atoms with Crippen LogP contribution in [0.15, 0.2) is 57.9 Å². The van der Waals surface area contributed by atoms with Gasteiger partial charge in [-0.1, -0.05) is 37.6 Å². The lowest BCUT2D eigenvalue weighted by molar-refractivity contribution is 0.572.